The summed E-state index contributed by atoms with van der Waals surface area (Å²) in [5.74, 6) is 1.41. The van der Waals surface area contributed by atoms with Gasteiger partial charge in [-0.15, -0.1) is 11.8 Å². The Bertz CT molecular complexity index is 1110. The van der Waals surface area contributed by atoms with Crippen molar-refractivity contribution in [2.75, 3.05) is 18.1 Å². The Labute approximate surface area is 288 Å². The van der Waals surface area contributed by atoms with Crippen LogP contribution < -0.4 is 0 Å². The monoisotopic (exact) mass is 670 g/mol. The van der Waals surface area contributed by atoms with Crippen molar-refractivity contribution in [1.82, 2.24) is 0 Å². The number of aliphatic hydroxyl groups excluding tert-OH is 1. The van der Waals surface area contributed by atoms with Crippen molar-refractivity contribution < 1.29 is 13.5 Å². The van der Waals surface area contributed by atoms with E-state index >= 15 is 0 Å². The van der Waals surface area contributed by atoms with Crippen molar-refractivity contribution >= 4 is 33.8 Å². The molecule has 0 heterocycles. The van der Waals surface area contributed by atoms with Gasteiger partial charge in [-0.3, -0.25) is 0 Å². The summed E-state index contributed by atoms with van der Waals surface area (Å²) in [6, 6.07) is 16.1. The van der Waals surface area contributed by atoms with Crippen LogP contribution in [0.2, 0.25) is 0 Å². The van der Waals surface area contributed by atoms with E-state index in [-0.39, 0.29) is 5.75 Å². The molecule has 2 aromatic rings. The van der Waals surface area contributed by atoms with Gasteiger partial charge in [-0.25, -0.2) is 8.42 Å². The van der Waals surface area contributed by atoms with Crippen LogP contribution in [0.4, 0.5) is 0 Å². The average molecular weight is 671 g/mol. The fourth-order valence-electron chi connectivity index (χ4n) is 5.90. The fraction of sp³-hybridized carbons (Fsp3) is 0.659. The first-order valence-corrected chi connectivity index (χ1v) is 21.5. The van der Waals surface area contributed by atoms with E-state index < -0.39 is 9.84 Å². The van der Waals surface area contributed by atoms with Crippen LogP contribution >= 0.6 is 11.8 Å². The number of benzene rings is 2. The van der Waals surface area contributed by atoms with Gasteiger partial charge in [0.15, 0.2) is 9.84 Å². The zero-order chi connectivity index (χ0) is 33.0. The predicted molar refractivity (Wildman–Crippen MR) is 204 cm³/mol. The molecule has 0 bridgehead atoms. The molecule has 2 aromatic carbocycles. The van der Waals surface area contributed by atoms with Crippen molar-refractivity contribution in [3.63, 3.8) is 0 Å². The highest BCUT2D eigenvalue weighted by Crippen LogP contribution is 2.22. The second-order valence-electron chi connectivity index (χ2n) is 13.1. The molecule has 0 unspecified atom stereocenters. The molecule has 2 rings (SSSR count). The Morgan fingerprint density at radius 3 is 1.37 bits per heavy atom. The predicted octanol–water partition coefficient (Wildman–Crippen LogP) is 12.7. The molecule has 0 aliphatic rings. The van der Waals surface area contributed by atoms with Gasteiger partial charge in [0.2, 0.25) is 0 Å². The molecule has 0 aliphatic heterocycles. The Kier molecular flexibility index (Phi) is 24.2. The summed E-state index contributed by atoms with van der Waals surface area (Å²) in [6.07, 6.45) is 33.3. The number of hydrogen-bond acceptors (Lipinski definition) is 4. The van der Waals surface area contributed by atoms with Crippen LogP contribution in [0, 0.1) is 0 Å². The molecule has 0 aromatic heterocycles. The third kappa shape index (κ3) is 20.6. The first-order valence-electron chi connectivity index (χ1n) is 18.9. The standard InChI is InChI=1S/C41H66O3S2/c1-2-3-4-5-6-7-8-9-10-11-14-17-20-23-36-45-40-31-27-38(28-32-40)25-26-39-29-33-41(34-30-39)46(43,44)37-24-21-18-15-12-13-16-19-22-35-42/h25-34,42H,2-24,35-37H2,1H3. The number of rotatable bonds is 30. The van der Waals surface area contributed by atoms with E-state index in [0.29, 0.717) is 11.5 Å². The molecule has 5 heteroatoms. The largest absolute Gasteiger partial charge is 0.396 e. The molecule has 0 aliphatic carbocycles. The Hall–Kier alpha value is -1.56. The van der Waals surface area contributed by atoms with Gasteiger partial charge >= 0.3 is 0 Å². The van der Waals surface area contributed by atoms with Gasteiger partial charge in [-0.05, 0) is 60.4 Å². The Morgan fingerprint density at radius 2 is 0.913 bits per heavy atom. The number of hydrogen-bond donors (Lipinski definition) is 1. The first-order chi connectivity index (χ1) is 22.5. The fourth-order valence-corrected chi connectivity index (χ4v) is 8.18. The van der Waals surface area contributed by atoms with Crippen molar-refractivity contribution in [2.45, 2.75) is 164 Å². The van der Waals surface area contributed by atoms with E-state index in [0.717, 1.165) is 43.2 Å². The zero-order valence-electron chi connectivity index (χ0n) is 29.2. The highest BCUT2D eigenvalue weighted by atomic mass is 32.2. The lowest BCUT2D eigenvalue weighted by Gasteiger charge is -2.06. The highest BCUT2D eigenvalue weighted by molar-refractivity contribution is 7.99. The summed E-state index contributed by atoms with van der Waals surface area (Å²) in [4.78, 5) is 1.75. The summed E-state index contributed by atoms with van der Waals surface area (Å²) in [7, 11) is -3.23. The molecular weight excluding hydrogens is 605 g/mol. The van der Waals surface area contributed by atoms with Crippen molar-refractivity contribution in [3.8, 4) is 0 Å². The lowest BCUT2D eigenvalue weighted by Crippen LogP contribution is -2.06. The lowest BCUT2D eigenvalue weighted by molar-refractivity contribution is 0.282. The van der Waals surface area contributed by atoms with Crippen LogP contribution in [-0.4, -0.2) is 31.6 Å². The number of aliphatic hydroxyl groups is 1. The molecule has 0 radical (unpaired) electrons. The van der Waals surface area contributed by atoms with E-state index in [1.807, 2.05) is 23.9 Å². The molecule has 0 spiro atoms. The van der Waals surface area contributed by atoms with Crippen molar-refractivity contribution in [1.29, 1.82) is 0 Å². The molecule has 3 nitrogen and oxygen atoms in total. The highest BCUT2D eigenvalue weighted by Gasteiger charge is 2.13. The average Bonchev–Trinajstić information content (AvgIpc) is 3.07. The van der Waals surface area contributed by atoms with E-state index in [2.05, 4.69) is 43.3 Å². The normalized spacial score (nSPS) is 12.0. The van der Waals surface area contributed by atoms with Gasteiger partial charge in [-0.1, -0.05) is 172 Å². The van der Waals surface area contributed by atoms with Gasteiger partial charge in [0.05, 0.1) is 10.6 Å². The summed E-state index contributed by atoms with van der Waals surface area (Å²) in [6.45, 7) is 2.58. The van der Waals surface area contributed by atoms with Crippen LogP contribution in [0.3, 0.4) is 0 Å². The molecule has 260 valence electrons. The molecule has 0 amide bonds. The Morgan fingerprint density at radius 1 is 0.522 bits per heavy atom. The van der Waals surface area contributed by atoms with Crippen LogP contribution in [0.15, 0.2) is 58.3 Å². The third-order valence-electron chi connectivity index (χ3n) is 8.93. The molecule has 46 heavy (non-hydrogen) atoms. The number of thioether (sulfide) groups is 1. The molecule has 0 saturated heterocycles. The first kappa shape index (κ1) is 40.6. The topological polar surface area (TPSA) is 54.4 Å². The molecular formula is C41H66O3S2. The van der Waals surface area contributed by atoms with Crippen LogP contribution in [-0.2, 0) is 9.84 Å². The van der Waals surface area contributed by atoms with Crippen LogP contribution in [0.5, 0.6) is 0 Å². The van der Waals surface area contributed by atoms with Crippen LogP contribution in [0.25, 0.3) is 12.2 Å². The summed E-state index contributed by atoms with van der Waals surface area (Å²) in [5, 5.41) is 8.82. The minimum Gasteiger partial charge on any atom is -0.396 e. The van der Waals surface area contributed by atoms with E-state index in [4.69, 9.17) is 5.11 Å². The van der Waals surface area contributed by atoms with E-state index in [1.54, 1.807) is 12.1 Å². The zero-order valence-corrected chi connectivity index (χ0v) is 30.9. The maximum Gasteiger partial charge on any atom is 0.178 e. The molecule has 0 saturated carbocycles. The van der Waals surface area contributed by atoms with E-state index in [9.17, 15) is 8.42 Å². The van der Waals surface area contributed by atoms with Gasteiger partial charge in [0.1, 0.15) is 0 Å². The SMILES string of the molecule is CCCCCCCCCCCCCCCCSc1ccc(C=Cc2ccc(S(=O)(=O)CCCCCCCCCCCO)cc2)cc1. The quantitative estimate of drug-likeness (QED) is 0.0510. The molecule has 0 fully saturated rings. The third-order valence-corrected chi connectivity index (χ3v) is 11.8. The van der Waals surface area contributed by atoms with Gasteiger partial charge in [0.25, 0.3) is 0 Å². The lowest BCUT2D eigenvalue weighted by atomic mass is 10.0. The smallest absolute Gasteiger partial charge is 0.178 e. The van der Waals surface area contributed by atoms with Crippen molar-refractivity contribution in [3.05, 3.63) is 59.7 Å². The second kappa shape index (κ2) is 27.4. The molecule has 0 atom stereocenters. The van der Waals surface area contributed by atoms with Gasteiger partial charge in [-0.2, -0.15) is 0 Å². The van der Waals surface area contributed by atoms with Gasteiger partial charge < -0.3 is 5.11 Å². The van der Waals surface area contributed by atoms with Crippen LogP contribution in [0.1, 0.15) is 166 Å². The second-order valence-corrected chi connectivity index (χ2v) is 16.4. The summed E-state index contributed by atoms with van der Waals surface area (Å²) < 4.78 is 25.5. The van der Waals surface area contributed by atoms with Gasteiger partial charge in [0, 0.05) is 11.5 Å². The number of unbranched alkanes of at least 4 members (excludes halogenated alkanes) is 21. The molecule has 1 N–H and O–H groups in total. The summed E-state index contributed by atoms with van der Waals surface area (Å²) >= 11 is 1.96. The maximum absolute atomic E-state index is 12.8. The Balaban J connectivity index is 1.53. The summed E-state index contributed by atoms with van der Waals surface area (Å²) in [5.41, 5.74) is 2.16. The van der Waals surface area contributed by atoms with Crippen molar-refractivity contribution in [2.24, 2.45) is 0 Å². The minimum atomic E-state index is -3.23. The van der Waals surface area contributed by atoms with E-state index in [1.165, 1.54) is 126 Å². The minimum absolute atomic E-state index is 0.225. The number of sulfone groups is 1. The maximum atomic E-state index is 12.8.